The van der Waals surface area contributed by atoms with E-state index in [0.717, 1.165) is 16.1 Å². The fraction of sp³-hybridized carbons (Fsp3) is 0.200. The Balaban J connectivity index is 0.000000257. The molecule has 0 aliphatic heterocycles. The number of nitrogens with zero attached hydrogens (tertiary/aromatic N) is 1. The Hall–Kier alpha value is -1.88. The van der Waals surface area contributed by atoms with E-state index in [1.54, 1.807) is 0 Å². The van der Waals surface area contributed by atoms with Gasteiger partial charge in [-0.25, -0.2) is 17.5 Å². The zero-order valence-corrected chi connectivity index (χ0v) is 15.8. The molecule has 0 spiro atoms. The smallest absolute Gasteiger partial charge is 0.289 e. The first-order chi connectivity index (χ1) is 11.6. The highest BCUT2D eigenvalue weighted by Gasteiger charge is 2.23. The summed E-state index contributed by atoms with van der Waals surface area (Å²) in [7, 11) is -2.57. The lowest BCUT2D eigenvalue weighted by molar-refractivity contribution is -0.387. The van der Waals surface area contributed by atoms with Gasteiger partial charge in [-0.2, -0.15) is 0 Å². The van der Waals surface area contributed by atoms with E-state index in [4.69, 9.17) is 5.73 Å². The van der Waals surface area contributed by atoms with E-state index in [9.17, 15) is 22.9 Å². The van der Waals surface area contributed by atoms with Crippen LogP contribution in [0.25, 0.3) is 0 Å². The van der Waals surface area contributed by atoms with Crippen molar-refractivity contribution in [1.29, 1.82) is 0 Å². The summed E-state index contributed by atoms with van der Waals surface area (Å²) in [4.78, 5) is 9.44. The Bertz CT molecular complexity index is 839. The van der Waals surface area contributed by atoms with Gasteiger partial charge in [0.25, 0.3) is 5.69 Å². The zero-order valence-electron chi connectivity index (χ0n) is 13.4. The van der Waals surface area contributed by atoms with Crippen molar-refractivity contribution in [2.75, 3.05) is 7.05 Å². The molecule has 25 heavy (non-hydrogen) atoms. The highest BCUT2D eigenvalue weighted by Crippen LogP contribution is 2.22. The molecule has 0 unspecified atom stereocenters. The molecular formula is C15H17BrFN3O4S. The summed E-state index contributed by atoms with van der Waals surface area (Å²) in [5, 5.41) is 10.5. The van der Waals surface area contributed by atoms with Crippen molar-refractivity contribution >= 4 is 31.6 Å². The average Bonchev–Trinajstić information content (AvgIpc) is 2.54. The Morgan fingerprint density at radius 3 is 2.36 bits per heavy atom. The number of nitro benzene ring substituents is 1. The average molecular weight is 434 g/mol. The predicted octanol–water partition coefficient (Wildman–Crippen LogP) is 3.11. The molecule has 0 saturated heterocycles. The number of halogens is 2. The Morgan fingerprint density at radius 1 is 1.28 bits per heavy atom. The largest absolute Gasteiger partial charge is 0.324 e. The SMILES string of the molecule is CNS(=O)(=O)c1ccccc1[N+](=O)[O-].C[C@@H](N)c1cc(F)cc(Br)c1. The summed E-state index contributed by atoms with van der Waals surface area (Å²) < 4.78 is 38.1. The first-order valence-corrected chi connectivity index (χ1v) is 9.24. The Kier molecular flexibility index (Phi) is 7.61. The highest BCUT2D eigenvalue weighted by molar-refractivity contribution is 9.10. The summed E-state index contributed by atoms with van der Waals surface area (Å²) in [6, 6.07) is 9.70. The molecule has 0 fully saturated rings. The summed E-state index contributed by atoms with van der Waals surface area (Å²) >= 11 is 3.19. The van der Waals surface area contributed by atoms with Gasteiger partial charge in [0.1, 0.15) is 5.82 Å². The zero-order chi connectivity index (χ0) is 19.2. The maximum atomic E-state index is 12.7. The molecule has 0 aliphatic carbocycles. The van der Waals surface area contributed by atoms with Gasteiger partial charge in [-0.3, -0.25) is 10.1 Å². The first-order valence-electron chi connectivity index (χ1n) is 6.97. The van der Waals surface area contributed by atoms with Crippen molar-refractivity contribution in [2.45, 2.75) is 17.9 Å². The molecule has 136 valence electrons. The molecule has 2 rings (SSSR count). The van der Waals surface area contributed by atoms with Gasteiger partial charge in [0.05, 0.1) is 4.92 Å². The van der Waals surface area contributed by atoms with Crippen LogP contribution in [-0.2, 0) is 10.0 Å². The molecular weight excluding hydrogens is 417 g/mol. The third-order valence-electron chi connectivity index (χ3n) is 3.03. The summed E-state index contributed by atoms with van der Waals surface area (Å²) in [5.74, 6) is -0.258. The fourth-order valence-corrected chi connectivity index (χ4v) is 3.16. The monoisotopic (exact) mass is 433 g/mol. The lowest BCUT2D eigenvalue weighted by atomic mass is 10.1. The lowest BCUT2D eigenvalue weighted by Crippen LogP contribution is -2.19. The number of hydrogen-bond donors (Lipinski definition) is 2. The van der Waals surface area contributed by atoms with Gasteiger partial charge in [-0.15, -0.1) is 0 Å². The Morgan fingerprint density at radius 2 is 1.88 bits per heavy atom. The van der Waals surface area contributed by atoms with E-state index in [-0.39, 0.29) is 16.8 Å². The summed E-state index contributed by atoms with van der Waals surface area (Å²) in [6.07, 6.45) is 0. The molecule has 0 amide bonds. The second kappa shape index (κ2) is 8.99. The summed E-state index contributed by atoms with van der Waals surface area (Å²) in [5.41, 5.74) is 5.94. The predicted molar refractivity (Wildman–Crippen MR) is 96.0 cm³/mol. The van der Waals surface area contributed by atoms with Crippen LogP contribution in [0.5, 0.6) is 0 Å². The quantitative estimate of drug-likeness (QED) is 0.567. The van der Waals surface area contributed by atoms with Crippen LogP contribution in [-0.4, -0.2) is 20.4 Å². The van der Waals surface area contributed by atoms with E-state index >= 15 is 0 Å². The third-order valence-corrected chi connectivity index (χ3v) is 4.95. The van der Waals surface area contributed by atoms with Crippen LogP contribution in [0.3, 0.4) is 0 Å². The molecule has 2 aromatic rings. The van der Waals surface area contributed by atoms with E-state index in [0.29, 0.717) is 0 Å². The van der Waals surface area contributed by atoms with Gasteiger partial charge < -0.3 is 5.73 Å². The number of nitro groups is 1. The van der Waals surface area contributed by atoms with E-state index in [1.807, 2.05) is 17.7 Å². The minimum absolute atomic E-state index is 0.123. The van der Waals surface area contributed by atoms with Gasteiger partial charge in [0, 0.05) is 16.6 Å². The second-order valence-corrected chi connectivity index (χ2v) is 7.69. The number of rotatable bonds is 4. The molecule has 7 nitrogen and oxygen atoms in total. The van der Waals surface area contributed by atoms with Crippen LogP contribution in [0.2, 0.25) is 0 Å². The van der Waals surface area contributed by atoms with E-state index < -0.39 is 20.6 Å². The maximum Gasteiger partial charge on any atom is 0.289 e. The number of hydrogen-bond acceptors (Lipinski definition) is 5. The fourth-order valence-electron chi connectivity index (χ4n) is 1.78. The molecule has 0 heterocycles. The number of nitrogens with two attached hydrogens (primary N) is 1. The third kappa shape index (κ3) is 6.16. The van der Waals surface area contributed by atoms with Crippen molar-refractivity contribution in [3.63, 3.8) is 0 Å². The van der Waals surface area contributed by atoms with Gasteiger partial charge in [0.15, 0.2) is 4.90 Å². The van der Waals surface area contributed by atoms with Crippen LogP contribution in [0, 0.1) is 15.9 Å². The van der Waals surface area contributed by atoms with Crippen molar-refractivity contribution < 1.29 is 17.7 Å². The van der Waals surface area contributed by atoms with Gasteiger partial charge in [-0.1, -0.05) is 28.1 Å². The van der Waals surface area contributed by atoms with Gasteiger partial charge >= 0.3 is 0 Å². The molecule has 3 N–H and O–H groups in total. The van der Waals surface area contributed by atoms with Crippen LogP contribution in [0.4, 0.5) is 10.1 Å². The normalized spacial score (nSPS) is 12.0. The molecule has 0 saturated carbocycles. The van der Waals surface area contributed by atoms with Crippen LogP contribution < -0.4 is 10.5 Å². The van der Waals surface area contributed by atoms with Gasteiger partial charge in [-0.05, 0) is 43.8 Å². The molecule has 0 aliphatic rings. The van der Waals surface area contributed by atoms with Gasteiger partial charge in [0.2, 0.25) is 10.0 Å². The molecule has 10 heteroatoms. The maximum absolute atomic E-state index is 12.7. The number of benzene rings is 2. The van der Waals surface area contributed by atoms with Crippen molar-refractivity contribution in [1.82, 2.24) is 4.72 Å². The lowest BCUT2D eigenvalue weighted by Gasteiger charge is -2.05. The van der Waals surface area contributed by atoms with Crippen LogP contribution >= 0.6 is 15.9 Å². The minimum Gasteiger partial charge on any atom is -0.324 e. The molecule has 2 aromatic carbocycles. The highest BCUT2D eigenvalue weighted by atomic mass is 79.9. The second-order valence-electron chi connectivity index (χ2n) is 4.92. The van der Waals surface area contributed by atoms with E-state index in [1.165, 1.54) is 37.4 Å². The summed E-state index contributed by atoms with van der Waals surface area (Å²) in [6.45, 7) is 1.82. The molecule has 1 atom stereocenters. The molecule has 0 radical (unpaired) electrons. The van der Waals surface area contributed by atoms with Crippen molar-refractivity contribution in [3.05, 3.63) is 68.4 Å². The van der Waals surface area contributed by atoms with Crippen LogP contribution in [0.1, 0.15) is 18.5 Å². The molecule has 0 aromatic heterocycles. The Labute approximate surface area is 153 Å². The topological polar surface area (TPSA) is 115 Å². The van der Waals surface area contributed by atoms with Crippen LogP contribution in [0.15, 0.2) is 51.8 Å². The standard InChI is InChI=1S/C8H9BrFN.C7H8N2O4S/c1-5(11)6-2-7(9)4-8(10)3-6;1-8-14(12,13)7-5-3-2-4-6(7)9(10)11/h2-5H,11H2,1H3;2-5,8H,1H3/t5-;/m1./s1. The minimum atomic E-state index is -3.77. The van der Waals surface area contributed by atoms with Crippen molar-refractivity contribution in [3.8, 4) is 0 Å². The van der Waals surface area contributed by atoms with E-state index in [2.05, 4.69) is 15.9 Å². The number of sulfonamides is 1. The molecule has 0 bridgehead atoms. The number of nitrogens with one attached hydrogen (secondary N) is 1. The first kappa shape index (κ1) is 21.2. The number of para-hydroxylation sites is 1. The van der Waals surface area contributed by atoms with Crippen molar-refractivity contribution in [2.24, 2.45) is 5.73 Å².